The highest BCUT2D eigenvalue weighted by atomic mass is 16.5. The van der Waals surface area contributed by atoms with Crippen molar-refractivity contribution in [3.05, 3.63) is 45.7 Å². The molecule has 1 saturated heterocycles. The van der Waals surface area contributed by atoms with E-state index in [1.807, 2.05) is 16.7 Å². The lowest BCUT2D eigenvalue weighted by Crippen LogP contribution is -2.50. The fraction of sp³-hybridized carbons (Fsp3) is 0.478. The topological polar surface area (TPSA) is 85.2 Å². The van der Waals surface area contributed by atoms with Gasteiger partial charge in [0.15, 0.2) is 16.9 Å². The maximum absolute atomic E-state index is 12.6. The van der Waals surface area contributed by atoms with Crippen LogP contribution in [0.1, 0.15) is 22.8 Å². The zero-order valence-electron chi connectivity index (χ0n) is 18.1. The number of aromatic nitrogens is 1. The fourth-order valence-corrected chi connectivity index (χ4v) is 4.05. The van der Waals surface area contributed by atoms with E-state index in [-0.39, 0.29) is 23.0 Å². The summed E-state index contributed by atoms with van der Waals surface area (Å²) >= 11 is 0. The number of carbonyl (C=O) groups excluding carboxylic acids is 1. The van der Waals surface area contributed by atoms with Gasteiger partial charge in [0.2, 0.25) is 0 Å². The van der Waals surface area contributed by atoms with Gasteiger partial charge in [-0.3, -0.25) is 4.79 Å². The second kappa shape index (κ2) is 8.72. The summed E-state index contributed by atoms with van der Waals surface area (Å²) in [6, 6.07) is 5.35. The van der Waals surface area contributed by atoms with Crippen molar-refractivity contribution in [3.8, 4) is 22.8 Å². The standard InChI is InChI=1S/C23H27NO7/c1-4-30-22(26)17-10-24-6-5-15-7-21(31-14-23(11-27-2)12-29-13-23)20(28-3)8-16(15)18(24)9-19(17)25/h7-10H,4-6,11-14H2,1-3H3. The minimum absolute atomic E-state index is 0.0483. The Morgan fingerprint density at radius 3 is 2.61 bits per heavy atom. The summed E-state index contributed by atoms with van der Waals surface area (Å²) in [6.07, 6.45) is 2.32. The van der Waals surface area contributed by atoms with Crippen LogP contribution in [0.15, 0.2) is 29.2 Å². The van der Waals surface area contributed by atoms with Gasteiger partial charge in [-0.1, -0.05) is 0 Å². The smallest absolute Gasteiger partial charge is 0.343 e. The molecule has 1 fully saturated rings. The maximum Gasteiger partial charge on any atom is 0.343 e. The van der Waals surface area contributed by atoms with Crippen LogP contribution in [0.5, 0.6) is 11.5 Å². The SMILES string of the molecule is CCOC(=O)c1cn2c(cc1=O)-c1cc(OC)c(OCC3(COC)COC3)cc1CC2. The van der Waals surface area contributed by atoms with E-state index in [1.165, 1.54) is 6.07 Å². The Balaban J connectivity index is 1.65. The first-order chi connectivity index (χ1) is 15.0. The van der Waals surface area contributed by atoms with Crippen LogP contribution in [0, 0.1) is 5.41 Å². The van der Waals surface area contributed by atoms with Gasteiger partial charge in [-0.2, -0.15) is 0 Å². The normalized spacial score (nSPS) is 16.0. The molecular formula is C23H27NO7. The van der Waals surface area contributed by atoms with Crippen LogP contribution in [-0.4, -0.2) is 57.8 Å². The molecule has 3 heterocycles. The van der Waals surface area contributed by atoms with Crippen LogP contribution in [0.3, 0.4) is 0 Å². The summed E-state index contributed by atoms with van der Waals surface area (Å²) in [4.78, 5) is 24.6. The Morgan fingerprint density at radius 2 is 1.97 bits per heavy atom. The lowest BCUT2D eigenvalue weighted by atomic mass is 9.88. The van der Waals surface area contributed by atoms with Crippen LogP contribution in [-0.2, 0) is 27.2 Å². The zero-order chi connectivity index (χ0) is 22.0. The molecule has 2 aromatic rings. The highest BCUT2D eigenvalue weighted by Crippen LogP contribution is 2.39. The van der Waals surface area contributed by atoms with Crippen molar-refractivity contribution in [2.45, 2.75) is 19.9 Å². The first-order valence-corrected chi connectivity index (χ1v) is 10.3. The number of nitrogens with zero attached hydrogens (tertiary/aromatic N) is 1. The summed E-state index contributed by atoms with van der Waals surface area (Å²) in [5.74, 6) is 0.643. The maximum atomic E-state index is 12.6. The number of fused-ring (bicyclic) bond motifs is 3. The molecule has 0 atom stereocenters. The van der Waals surface area contributed by atoms with Crippen LogP contribution >= 0.6 is 0 Å². The van der Waals surface area contributed by atoms with E-state index in [0.29, 0.717) is 44.5 Å². The summed E-state index contributed by atoms with van der Waals surface area (Å²) in [5, 5.41) is 0. The average Bonchev–Trinajstić information content (AvgIpc) is 2.74. The van der Waals surface area contributed by atoms with Gasteiger partial charge in [0.05, 0.1) is 44.6 Å². The molecule has 2 aliphatic rings. The van der Waals surface area contributed by atoms with E-state index in [4.69, 9.17) is 23.7 Å². The third-order valence-electron chi connectivity index (χ3n) is 5.71. The molecule has 166 valence electrons. The van der Waals surface area contributed by atoms with Gasteiger partial charge in [0.25, 0.3) is 0 Å². The molecule has 31 heavy (non-hydrogen) atoms. The van der Waals surface area contributed by atoms with E-state index < -0.39 is 5.97 Å². The molecule has 0 N–H and O–H groups in total. The molecule has 2 aliphatic heterocycles. The number of carbonyl (C=O) groups is 1. The molecular weight excluding hydrogens is 402 g/mol. The first-order valence-electron chi connectivity index (χ1n) is 10.3. The molecule has 0 radical (unpaired) electrons. The van der Waals surface area contributed by atoms with Crippen molar-refractivity contribution in [2.24, 2.45) is 5.41 Å². The summed E-state index contributed by atoms with van der Waals surface area (Å²) in [7, 11) is 3.26. The highest BCUT2D eigenvalue weighted by molar-refractivity contribution is 5.89. The molecule has 8 nitrogen and oxygen atoms in total. The Labute approximate surface area is 180 Å². The highest BCUT2D eigenvalue weighted by Gasteiger charge is 2.40. The number of ether oxygens (including phenoxy) is 5. The van der Waals surface area contributed by atoms with Gasteiger partial charge in [-0.15, -0.1) is 0 Å². The first kappa shape index (κ1) is 21.4. The van der Waals surface area contributed by atoms with E-state index in [0.717, 1.165) is 23.2 Å². The average molecular weight is 429 g/mol. The third-order valence-corrected chi connectivity index (χ3v) is 5.71. The van der Waals surface area contributed by atoms with E-state index in [1.54, 1.807) is 27.3 Å². The van der Waals surface area contributed by atoms with Crippen molar-refractivity contribution in [3.63, 3.8) is 0 Å². The van der Waals surface area contributed by atoms with E-state index in [9.17, 15) is 9.59 Å². The van der Waals surface area contributed by atoms with Crippen molar-refractivity contribution in [1.29, 1.82) is 0 Å². The molecule has 0 spiro atoms. The van der Waals surface area contributed by atoms with Crippen molar-refractivity contribution >= 4 is 5.97 Å². The van der Waals surface area contributed by atoms with Crippen molar-refractivity contribution < 1.29 is 28.5 Å². The zero-order valence-corrected chi connectivity index (χ0v) is 18.1. The van der Waals surface area contributed by atoms with Crippen LogP contribution in [0.25, 0.3) is 11.3 Å². The number of benzene rings is 1. The second-order valence-corrected chi connectivity index (χ2v) is 7.98. The van der Waals surface area contributed by atoms with Crippen LogP contribution in [0.2, 0.25) is 0 Å². The van der Waals surface area contributed by atoms with Crippen molar-refractivity contribution in [1.82, 2.24) is 4.57 Å². The van der Waals surface area contributed by atoms with E-state index in [2.05, 4.69) is 0 Å². The van der Waals surface area contributed by atoms with Crippen molar-refractivity contribution in [2.75, 3.05) is 47.3 Å². The minimum Gasteiger partial charge on any atom is -0.493 e. The number of hydrogen-bond donors (Lipinski definition) is 0. The molecule has 0 saturated carbocycles. The molecule has 1 aromatic heterocycles. The quantitative estimate of drug-likeness (QED) is 0.595. The van der Waals surface area contributed by atoms with Gasteiger partial charge in [-0.25, -0.2) is 4.79 Å². The van der Waals surface area contributed by atoms with Gasteiger partial charge in [-0.05, 0) is 31.0 Å². The summed E-state index contributed by atoms with van der Waals surface area (Å²) in [6.45, 7) is 4.82. The van der Waals surface area contributed by atoms with Gasteiger partial charge >= 0.3 is 5.97 Å². The monoisotopic (exact) mass is 429 g/mol. The summed E-state index contributed by atoms with van der Waals surface area (Å²) < 4.78 is 29.3. The second-order valence-electron chi connectivity index (χ2n) is 7.98. The Hall–Kier alpha value is -2.84. The number of hydrogen-bond acceptors (Lipinski definition) is 7. The largest absolute Gasteiger partial charge is 0.493 e. The molecule has 1 aromatic carbocycles. The molecule has 0 amide bonds. The lowest BCUT2D eigenvalue weighted by Gasteiger charge is -2.40. The Morgan fingerprint density at radius 1 is 1.16 bits per heavy atom. The molecule has 8 heteroatoms. The van der Waals surface area contributed by atoms with Gasteiger partial charge in [0, 0.05) is 31.5 Å². The minimum atomic E-state index is -0.597. The number of methoxy groups -OCH3 is 2. The molecule has 0 bridgehead atoms. The predicted molar refractivity (Wildman–Crippen MR) is 113 cm³/mol. The van der Waals surface area contributed by atoms with Gasteiger partial charge in [0.1, 0.15) is 12.2 Å². The summed E-state index contributed by atoms with van der Waals surface area (Å²) in [5.41, 5.74) is 2.24. The molecule has 0 aliphatic carbocycles. The number of esters is 1. The number of pyridine rings is 1. The lowest BCUT2D eigenvalue weighted by molar-refractivity contribution is -0.159. The fourth-order valence-electron chi connectivity index (χ4n) is 4.05. The van der Waals surface area contributed by atoms with Crippen LogP contribution in [0.4, 0.5) is 0 Å². The van der Waals surface area contributed by atoms with E-state index >= 15 is 0 Å². The third kappa shape index (κ3) is 4.05. The van der Waals surface area contributed by atoms with Gasteiger partial charge < -0.3 is 28.3 Å². The number of aryl methyl sites for hydroxylation is 2. The van der Waals surface area contributed by atoms with Crippen LogP contribution < -0.4 is 14.9 Å². The Kier molecular flexibility index (Phi) is 6.02. The predicted octanol–water partition coefficient (Wildman–Crippen LogP) is 2.30. The molecule has 4 rings (SSSR count). The number of rotatable bonds is 8. The Bertz CT molecular complexity index is 1040. The molecule has 0 unspecified atom stereocenters.